The Hall–Kier alpha value is -3.91. The van der Waals surface area contributed by atoms with Gasteiger partial charge in [-0.2, -0.15) is 0 Å². The zero-order valence-corrected chi connectivity index (χ0v) is 27.4. The SMILES string of the molecule is Cc1c(COc2cc(OCc3cccnc3)c(C=O)cc2Cl)cccc1-c1cccc(OCCCN2CCC3(CCOC3)C2)c1C. The van der Waals surface area contributed by atoms with E-state index >= 15 is 0 Å². The Labute approximate surface area is 276 Å². The van der Waals surface area contributed by atoms with Crippen LogP contribution in [0, 0.1) is 19.3 Å². The Kier molecular flexibility index (Phi) is 10.2. The first-order valence-corrected chi connectivity index (χ1v) is 16.4. The van der Waals surface area contributed by atoms with Gasteiger partial charge in [-0.05, 0) is 85.7 Å². The summed E-state index contributed by atoms with van der Waals surface area (Å²) in [4.78, 5) is 18.4. The van der Waals surface area contributed by atoms with Gasteiger partial charge in [0.2, 0.25) is 0 Å². The third-order valence-corrected chi connectivity index (χ3v) is 9.59. The fourth-order valence-corrected chi connectivity index (χ4v) is 6.76. The lowest BCUT2D eigenvalue weighted by molar-refractivity contribution is 0.111. The Morgan fingerprint density at radius 2 is 1.76 bits per heavy atom. The minimum absolute atomic E-state index is 0.272. The molecule has 0 N–H and O–H groups in total. The van der Waals surface area contributed by atoms with Crippen molar-refractivity contribution in [2.45, 2.75) is 46.3 Å². The molecule has 0 saturated carbocycles. The maximum Gasteiger partial charge on any atom is 0.153 e. The van der Waals surface area contributed by atoms with Crippen LogP contribution in [-0.2, 0) is 18.0 Å². The van der Waals surface area contributed by atoms with Gasteiger partial charge >= 0.3 is 0 Å². The Balaban J connectivity index is 1.09. The fourth-order valence-electron chi connectivity index (χ4n) is 6.53. The lowest BCUT2D eigenvalue weighted by Crippen LogP contribution is -2.28. The number of rotatable bonds is 13. The van der Waals surface area contributed by atoms with Gasteiger partial charge in [0.1, 0.15) is 30.5 Å². The van der Waals surface area contributed by atoms with Gasteiger partial charge in [0.05, 0.1) is 23.8 Å². The monoisotopic (exact) mass is 640 g/mol. The van der Waals surface area contributed by atoms with Crippen molar-refractivity contribution in [3.05, 3.63) is 106 Å². The smallest absolute Gasteiger partial charge is 0.153 e. The van der Waals surface area contributed by atoms with E-state index in [4.69, 9.17) is 30.5 Å². The first-order valence-electron chi connectivity index (χ1n) is 16.0. The molecule has 1 unspecified atom stereocenters. The van der Waals surface area contributed by atoms with E-state index in [1.807, 2.05) is 18.2 Å². The minimum Gasteiger partial charge on any atom is -0.493 e. The molecule has 8 heteroatoms. The van der Waals surface area contributed by atoms with Crippen LogP contribution in [0.4, 0.5) is 0 Å². The number of pyridine rings is 1. The van der Waals surface area contributed by atoms with E-state index < -0.39 is 0 Å². The summed E-state index contributed by atoms with van der Waals surface area (Å²) in [6.07, 6.45) is 7.61. The molecular formula is C38H41ClN2O5. The highest BCUT2D eigenvalue weighted by Crippen LogP contribution is 2.39. The van der Waals surface area contributed by atoms with E-state index in [-0.39, 0.29) is 6.61 Å². The van der Waals surface area contributed by atoms with Gasteiger partial charge in [-0.3, -0.25) is 9.78 Å². The number of aromatic nitrogens is 1. The van der Waals surface area contributed by atoms with Crippen LogP contribution in [0.3, 0.4) is 0 Å². The summed E-state index contributed by atoms with van der Waals surface area (Å²) in [5.74, 6) is 1.77. The Morgan fingerprint density at radius 3 is 2.54 bits per heavy atom. The number of aldehydes is 1. The van der Waals surface area contributed by atoms with E-state index in [9.17, 15) is 4.79 Å². The third kappa shape index (κ3) is 7.38. The number of carbonyl (C=O) groups excluding carboxylic acids is 1. The van der Waals surface area contributed by atoms with E-state index in [2.05, 4.69) is 54.1 Å². The zero-order chi connectivity index (χ0) is 31.9. The molecule has 0 bridgehead atoms. The van der Waals surface area contributed by atoms with E-state index in [1.165, 1.54) is 12.8 Å². The van der Waals surface area contributed by atoms with E-state index in [0.717, 1.165) is 84.7 Å². The summed E-state index contributed by atoms with van der Waals surface area (Å²) in [7, 11) is 0. The molecule has 2 saturated heterocycles. The predicted molar refractivity (Wildman–Crippen MR) is 180 cm³/mol. The standard InChI is InChI=1S/C38H41ClN2O5/c1-27-30(24-46-37-20-36(31(22-42)19-34(37)39)45-23-29-7-5-14-40-21-29)8-3-9-32(27)33-10-4-11-35(28(33)2)44-17-6-15-41-16-12-38(25-41)13-18-43-26-38/h3-5,7-11,14,19-22H,6,12-13,15-18,23-26H2,1-2H3. The van der Waals surface area contributed by atoms with Crippen LogP contribution in [0.5, 0.6) is 17.2 Å². The second kappa shape index (κ2) is 14.7. The highest BCUT2D eigenvalue weighted by molar-refractivity contribution is 6.32. The third-order valence-electron chi connectivity index (χ3n) is 9.29. The summed E-state index contributed by atoms with van der Waals surface area (Å²) >= 11 is 6.51. The molecule has 0 aliphatic carbocycles. The van der Waals surface area contributed by atoms with Crippen LogP contribution in [0.1, 0.15) is 51.9 Å². The number of nitrogens with zero attached hydrogens (tertiary/aromatic N) is 2. The molecule has 3 heterocycles. The van der Waals surface area contributed by atoms with E-state index in [1.54, 1.807) is 24.5 Å². The molecule has 0 radical (unpaired) electrons. The van der Waals surface area contributed by atoms with Gasteiger partial charge in [-0.25, -0.2) is 0 Å². The van der Waals surface area contributed by atoms with Gasteiger partial charge in [-0.15, -0.1) is 0 Å². The van der Waals surface area contributed by atoms with Crippen LogP contribution in [0.25, 0.3) is 11.1 Å². The lowest BCUT2D eigenvalue weighted by Gasteiger charge is -2.22. The zero-order valence-electron chi connectivity index (χ0n) is 26.6. The summed E-state index contributed by atoms with van der Waals surface area (Å²) in [5.41, 5.74) is 7.20. The van der Waals surface area contributed by atoms with Crippen molar-refractivity contribution in [3.63, 3.8) is 0 Å². The van der Waals surface area contributed by atoms with Crippen molar-refractivity contribution < 1.29 is 23.7 Å². The van der Waals surface area contributed by atoms with Crippen LogP contribution < -0.4 is 14.2 Å². The molecule has 1 spiro atoms. The van der Waals surface area contributed by atoms with Gasteiger partial charge in [0.15, 0.2) is 6.29 Å². The molecule has 0 amide bonds. The number of benzene rings is 3. The van der Waals surface area contributed by atoms with Crippen LogP contribution in [0.2, 0.25) is 5.02 Å². The Morgan fingerprint density at radius 1 is 0.935 bits per heavy atom. The molecule has 6 rings (SSSR count). The molecule has 46 heavy (non-hydrogen) atoms. The summed E-state index contributed by atoms with van der Waals surface area (Å²) in [6, 6.07) is 19.5. The summed E-state index contributed by atoms with van der Waals surface area (Å²) in [6.45, 7) is 10.7. The summed E-state index contributed by atoms with van der Waals surface area (Å²) in [5, 5.41) is 0.349. The highest BCUT2D eigenvalue weighted by Gasteiger charge is 2.40. The van der Waals surface area contributed by atoms with Gasteiger partial charge in [-0.1, -0.05) is 48.0 Å². The van der Waals surface area contributed by atoms with Crippen molar-refractivity contribution in [2.75, 3.05) is 39.5 Å². The number of hydrogen-bond acceptors (Lipinski definition) is 7. The Bertz CT molecular complexity index is 1650. The largest absolute Gasteiger partial charge is 0.493 e. The number of hydrogen-bond donors (Lipinski definition) is 0. The second-order valence-electron chi connectivity index (χ2n) is 12.4. The van der Waals surface area contributed by atoms with Crippen molar-refractivity contribution in [3.8, 4) is 28.4 Å². The average Bonchev–Trinajstić information content (AvgIpc) is 3.72. The molecule has 2 aliphatic rings. The quantitative estimate of drug-likeness (QED) is 0.109. The summed E-state index contributed by atoms with van der Waals surface area (Å²) < 4.78 is 24.1. The van der Waals surface area contributed by atoms with Crippen LogP contribution in [0.15, 0.2) is 73.1 Å². The lowest BCUT2D eigenvalue weighted by atomic mass is 9.87. The molecule has 2 fully saturated rings. The molecule has 240 valence electrons. The number of ether oxygens (including phenoxy) is 4. The van der Waals surface area contributed by atoms with Crippen LogP contribution in [-0.4, -0.2) is 55.6 Å². The molecule has 1 aromatic heterocycles. The van der Waals surface area contributed by atoms with Gasteiger partial charge < -0.3 is 23.8 Å². The minimum atomic E-state index is 0.272. The molecule has 4 aromatic rings. The molecule has 3 aromatic carbocycles. The molecular weight excluding hydrogens is 600 g/mol. The van der Waals surface area contributed by atoms with Gasteiger partial charge in [0.25, 0.3) is 0 Å². The molecule has 2 aliphatic heterocycles. The number of likely N-dealkylation sites (tertiary alicyclic amines) is 1. The first-order chi connectivity index (χ1) is 22.4. The number of carbonyl (C=O) groups is 1. The predicted octanol–water partition coefficient (Wildman–Crippen LogP) is 7.87. The average molecular weight is 641 g/mol. The topological polar surface area (TPSA) is 70.1 Å². The maximum atomic E-state index is 11.7. The maximum absolute atomic E-state index is 11.7. The first kappa shape index (κ1) is 32.0. The number of halogens is 1. The fraction of sp³-hybridized carbons (Fsp3) is 0.368. The van der Waals surface area contributed by atoms with Crippen molar-refractivity contribution in [1.29, 1.82) is 0 Å². The normalized spacial score (nSPS) is 17.8. The molecule has 1 atom stereocenters. The van der Waals surface area contributed by atoms with Crippen molar-refractivity contribution >= 4 is 17.9 Å². The van der Waals surface area contributed by atoms with Crippen LogP contribution >= 0.6 is 11.6 Å². The van der Waals surface area contributed by atoms with Gasteiger partial charge in [0, 0.05) is 49.1 Å². The van der Waals surface area contributed by atoms with Crippen molar-refractivity contribution in [2.24, 2.45) is 5.41 Å². The second-order valence-corrected chi connectivity index (χ2v) is 12.8. The van der Waals surface area contributed by atoms with Crippen molar-refractivity contribution in [1.82, 2.24) is 9.88 Å². The molecule has 7 nitrogen and oxygen atoms in total. The van der Waals surface area contributed by atoms with E-state index in [0.29, 0.717) is 40.7 Å². The highest BCUT2D eigenvalue weighted by atomic mass is 35.5.